The zero-order valence-corrected chi connectivity index (χ0v) is 15.6. The van der Waals surface area contributed by atoms with E-state index < -0.39 is 0 Å². The van der Waals surface area contributed by atoms with E-state index in [1.807, 2.05) is 50.2 Å². The summed E-state index contributed by atoms with van der Waals surface area (Å²) in [6.07, 6.45) is 1.70. The maximum absolute atomic E-state index is 5.66. The van der Waals surface area contributed by atoms with Crippen molar-refractivity contribution in [2.45, 2.75) is 13.8 Å². The molecule has 0 unspecified atom stereocenters. The largest absolute Gasteiger partial charge is 0.490 e. The summed E-state index contributed by atoms with van der Waals surface area (Å²) in [5.41, 5.74) is 5.64. The number of benzene rings is 2. The Kier molecular flexibility index (Phi) is 5.55. The van der Waals surface area contributed by atoms with Gasteiger partial charge in [-0.25, -0.2) is 10.4 Å². The van der Waals surface area contributed by atoms with E-state index in [2.05, 4.69) is 36.4 Å². The van der Waals surface area contributed by atoms with Crippen molar-refractivity contribution in [3.8, 4) is 11.5 Å². The molecule has 1 heterocycles. The summed E-state index contributed by atoms with van der Waals surface area (Å²) >= 11 is 3.52. The zero-order valence-electron chi connectivity index (χ0n) is 14.0. The van der Waals surface area contributed by atoms with E-state index >= 15 is 0 Å². The maximum atomic E-state index is 5.66. The molecule has 1 aromatic heterocycles. The number of hydrazone groups is 1. The van der Waals surface area contributed by atoms with Gasteiger partial charge in [0.15, 0.2) is 11.5 Å². The number of anilines is 1. The number of hydrogen-bond acceptors (Lipinski definition) is 5. The number of halogens is 1. The highest BCUT2D eigenvalue weighted by Crippen LogP contribution is 2.36. The van der Waals surface area contributed by atoms with Crippen molar-refractivity contribution in [1.29, 1.82) is 0 Å². The second-order valence-electron chi connectivity index (χ2n) is 5.17. The van der Waals surface area contributed by atoms with Crippen LogP contribution in [0.25, 0.3) is 11.0 Å². The lowest BCUT2D eigenvalue weighted by atomic mass is 10.2. The number of H-pyrrole nitrogens is 1. The van der Waals surface area contributed by atoms with Gasteiger partial charge in [0.25, 0.3) is 0 Å². The van der Waals surface area contributed by atoms with E-state index in [1.165, 1.54) is 0 Å². The van der Waals surface area contributed by atoms with Crippen molar-refractivity contribution < 1.29 is 9.47 Å². The normalized spacial score (nSPS) is 11.2. The SMILES string of the molecule is CCOc1cc(/C=N\Nc2nc3ccccc3[nH]2)cc(Br)c1OCC. The average Bonchev–Trinajstić information content (AvgIpc) is 3.01. The standard InChI is InChI=1S/C18H19BrN4O2/c1-3-24-16-10-12(9-13(19)17(16)25-4-2)11-20-23-18-21-14-7-5-6-8-15(14)22-18/h5-11H,3-4H2,1-2H3,(H2,21,22,23)/b20-11-. The van der Waals surface area contributed by atoms with Crippen LogP contribution in [0.2, 0.25) is 0 Å². The molecule has 2 N–H and O–H groups in total. The van der Waals surface area contributed by atoms with Crippen LogP contribution in [0.3, 0.4) is 0 Å². The monoisotopic (exact) mass is 402 g/mol. The minimum atomic E-state index is 0.560. The number of rotatable bonds is 7. The van der Waals surface area contributed by atoms with Gasteiger partial charge in [-0.15, -0.1) is 0 Å². The van der Waals surface area contributed by atoms with E-state index in [-0.39, 0.29) is 0 Å². The molecule has 0 saturated carbocycles. The second-order valence-corrected chi connectivity index (χ2v) is 6.02. The lowest BCUT2D eigenvalue weighted by molar-refractivity contribution is 0.286. The number of imidazole rings is 1. The lowest BCUT2D eigenvalue weighted by Crippen LogP contribution is -2.00. The van der Waals surface area contributed by atoms with Crippen LogP contribution < -0.4 is 14.9 Å². The molecule has 6 nitrogen and oxygen atoms in total. The molecule has 0 amide bonds. The predicted molar refractivity (Wildman–Crippen MR) is 104 cm³/mol. The molecule has 0 fully saturated rings. The number of nitrogens with zero attached hydrogens (tertiary/aromatic N) is 2. The summed E-state index contributed by atoms with van der Waals surface area (Å²) in [5.74, 6) is 1.98. The van der Waals surface area contributed by atoms with Crippen molar-refractivity contribution in [2.24, 2.45) is 5.10 Å². The third kappa shape index (κ3) is 4.11. The molecule has 0 aliphatic heterocycles. The van der Waals surface area contributed by atoms with Gasteiger partial charge < -0.3 is 14.5 Å². The summed E-state index contributed by atoms with van der Waals surface area (Å²) in [6.45, 7) is 5.01. The fourth-order valence-electron chi connectivity index (χ4n) is 2.38. The van der Waals surface area contributed by atoms with Crippen LogP contribution in [0.5, 0.6) is 11.5 Å². The Morgan fingerprint density at radius 3 is 2.76 bits per heavy atom. The van der Waals surface area contributed by atoms with Crippen LogP contribution in [0.1, 0.15) is 19.4 Å². The molecule has 0 aliphatic carbocycles. The number of hydrogen-bond donors (Lipinski definition) is 2. The van der Waals surface area contributed by atoms with Crippen molar-refractivity contribution >= 4 is 39.1 Å². The summed E-state index contributed by atoms with van der Waals surface area (Å²) in [7, 11) is 0. The molecule has 25 heavy (non-hydrogen) atoms. The van der Waals surface area contributed by atoms with E-state index in [9.17, 15) is 0 Å². The van der Waals surface area contributed by atoms with Gasteiger partial charge >= 0.3 is 0 Å². The topological polar surface area (TPSA) is 71.5 Å². The Morgan fingerprint density at radius 1 is 1.20 bits per heavy atom. The number of nitrogens with one attached hydrogen (secondary N) is 2. The fraction of sp³-hybridized carbons (Fsp3) is 0.222. The quantitative estimate of drug-likeness (QED) is 0.448. The first-order valence-corrected chi connectivity index (χ1v) is 8.83. The molecular weight excluding hydrogens is 384 g/mol. The van der Waals surface area contributed by atoms with E-state index in [0.717, 1.165) is 21.1 Å². The molecule has 0 saturated heterocycles. The summed E-state index contributed by atoms with van der Waals surface area (Å²) in [6, 6.07) is 11.6. The smallest absolute Gasteiger partial charge is 0.222 e. The van der Waals surface area contributed by atoms with Gasteiger partial charge in [0.1, 0.15) is 0 Å². The molecule has 7 heteroatoms. The first-order chi connectivity index (χ1) is 12.2. The number of para-hydroxylation sites is 2. The highest BCUT2D eigenvalue weighted by Gasteiger charge is 2.11. The molecule has 0 bridgehead atoms. The van der Waals surface area contributed by atoms with Crippen molar-refractivity contribution in [3.05, 3.63) is 46.4 Å². The number of aromatic nitrogens is 2. The zero-order chi connectivity index (χ0) is 17.6. The Morgan fingerprint density at radius 2 is 2.00 bits per heavy atom. The van der Waals surface area contributed by atoms with Gasteiger partial charge in [0.05, 0.1) is 34.9 Å². The molecule has 0 atom stereocenters. The molecule has 3 aromatic rings. The maximum Gasteiger partial charge on any atom is 0.222 e. The van der Waals surface area contributed by atoms with Gasteiger partial charge in [0.2, 0.25) is 5.95 Å². The van der Waals surface area contributed by atoms with Crippen molar-refractivity contribution in [2.75, 3.05) is 18.6 Å². The van der Waals surface area contributed by atoms with E-state index in [1.54, 1.807) is 6.21 Å². The predicted octanol–water partition coefficient (Wildman–Crippen LogP) is 4.57. The van der Waals surface area contributed by atoms with Crippen LogP contribution in [0.4, 0.5) is 5.95 Å². The Balaban J connectivity index is 1.78. The molecule has 0 spiro atoms. The summed E-state index contributed by atoms with van der Waals surface area (Å²) < 4.78 is 12.1. The third-order valence-electron chi connectivity index (χ3n) is 3.39. The Hall–Kier alpha value is -2.54. The Labute approximate surface area is 154 Å². The van der Waals surface area contributed by atoms with Crippen molar-refractivity contribution in [3.63, 3.8) is 0 Å². The van der Waals surface area contributed by atoms with E-state index in [4.69, 9.17) is 9.47 Å². The lowest BCUT2D eigenvalue weighted by Gasteiger charge is -2.13. The van der Waals surface area contributed by atoms with Gasteiger partial charge in [-0.2, -0.15) is 5.10 Å². The molecule has 3 rings (SSSR count). The first-order valence-electron chi connectivity index (χ1n) is 8.04. The molecule has 2 aromatic carbocycles. The first kappa shape index (κ1) is 17.3. The molecular formula is C18H19BrN4O2. The van der Waals surface area contributed by atoms with Crippen LogP contribution in [0.15, 0.2) is 46.0 Å². The van der Waals surface area contributed by atoms with Crippen LogP contribution in [-0.2, 0) is 0 Å². The van der Waals surface area contributed by atoms with Gasteiger partial charge in [0, 0.05) is 0 Å². The van der Waals surface area contributed by atoms with Crippen LogP contribution in [0, 0.1) is 0 Å². The molecule has 0 aliphatic rings. The minimum Gasteiger partial charge on any atom is -0.490 e. The minimum absolute atomic E-state index is 0.560. The number of fused-ring (bicyclic) bond motifs is 1. The second kappa shape index (κ2) is 8.02. The third-order valence-corrected chi connectivity index (χ3v) is 3.98. The molecule has 130 valence electrons. The van der Waals surface area contributed by atoms with E-state index in [0.29, 0.717) is 30.7 Å². The summed E-state index contributed by atoms with van der Waals surface area (Å²) in [5, 5.41) is 4.24. The highest BCUT2D eigenvalue weighted by atomic mass is 79.9. The average molecular weight is 403 g/mol. The van der Waals surface area contributed by atoms with Gasteiger partial charge in [-0.3, -0.25) is 0 Å². The summed E-state index contributed by atoms with van der Waals surface area (Å²) in [4.78, 5) is 7.57. The highest BCUT2D eigenvalue weighted by molar-refractivity contribution is 9.10. The fourth-order valence-corrected chi connectivity index (χ4v) is 2.96. The van der Waals surface area contributed by atoms with Gasteiger partial charge in [-0.05, 0) is 59.6 Å². The van der Waals surface area contributed by atoms with Crippen LogP contribution in [-0.4, -0.2) is 29.4 Å². The van der Waals surface area contributed by atoms with Gasteiger partial charge in [-0.1, -0.05) is 12.1 Å². The number of ether oxygens (including phenoxy) is 2. The van der Waals surface area contributed by atoms with Crippen molar-refractivity contribution in [1.82, 2.24) is 9.97 Å². The molecule has 0 radical (unpaired) electrons. The Bertz CT molecular complexity index is 859. The number of aromatic amines is 1. The van der Waals surface area contributed by atoms with Crippen LogP contribution >= 0.6 is 15.9 Å².